The van der Waals surface area contributed by atoms with Crippen LogP contribution < -0.4 is 5.32 Å². The molecule has 0 bridgehead atoms. The van der Waals surface area contributed by atoms with Crippen molar-refractivity contribution < 1.29 is 24.2 Å². The number of aliphatic carboxylic acids is 1. The SMILES string of the molecule is O=C(NC(CC(=O)N1CCCC[C@H]1C(=O)O)C1CCC1)OCC1c2ccccc2-c2ccccc21. The van der Waals surface area contributed by atoms with Crippen LogP contribution in [0.3, 0.4) is 0 Å². The molecular formula is C28H32N2O5. The molecule has 7 heteroatoms. The number of ether oxygens (including phenoxy) is 1. The minimum Gasteiger partial charge on any atom is -0.480 e. The highest BCUT2D eigenvalue weighted by Gasteiger charge is 2.37. The zero-order valence-electron chi connectivity index (χ0n) is 19.8. The lowest BCUT2D eigenvalue weighted by Gasteiger charge is -2.37. The fourth-order valence-corrected chi connectivity index (χ4v) is 5.76. The molecule has 184 valence electrons. The van der Waals surface area contributed by atoms with E-state index in [2.05, 4.69) is 29.6 Å². The van der Waals surface area contributed by atoms with Gasteiger partial charge in [-0.25, -0.2) is 9.59 Å². The Bertz CT molecular complexity index is 1070. The summed E-state index contributed by atoms with van der Waals surface area (Å²) in [6, 6.07) is 15.3. The number of carbonyl (C=O) groups is 3. The molecule has 2 aromatic carbocycles. The van der Waals surface area contributed by atoms with Crippen LogP contribution in [0, 0.1) is 5.92 Å². The number of nitrogens with one attached hydrogen (secondary N) is 1. The van der Waals surface area contributed by atoms with E-state index in [-0.39, 0.29) is 36.8 Å². The largest absolute Gasteiger partial charge is 0.480 e. The van der Waals surface area contributed by atoms with Crippen molar-refractivity contribution in [3.05, 3.63) is 59.7 Å². The summed E-state index contributed by atoms with van der Waals surface area (Å²) in [7, 11) is 0. The molecule has 0 aromatic heterocycles. The van der Waals surface area contributed by atoms with Gasteiger partial charge in [-0.1, -0.05) is 55.0 Å². The van der Waals surface area contributed by atoms with Crippen LogP contribution in [0.15, 0.2) is 48.5 Å². The van der Waals surface area contributed by atoms with Crippen molar-refractivity contribution >= 4 is 18.0 Å². The number of carbonyl (C=O) groups excluding carboxylic acids is 2. The number of piperidine rings is 1. The molecule has 2 fully saturated rings. The van der Waals surface area contributed by atoms with Gasteiger partial charge in [0.1, 0.15) is 12.6 Å². The van der Waals surface area contributed by atoms with Gasteiger partial charge in [-0.15, -0.1) is 0 Å². The van der Waals surface area contributed by atoms with Crippen LogP contribution in [-0.2, 0) is 14.3 Å². The smallest absolute Gasteiger partial charge is 0.407 e. The molecule has 1 saturated carbocycles. The van der Waals surface area contributed by atoms with Crippen LogP contribution in [0.25, 0.3) is 11.1 Å². The molecule has 5 rings (SSSR count). The third-order valence-corrected chi connectivity index (χ3v) is 7.87. The molecule has 1 saturated heterocycles. The predicted octanol–water partition coefficient (Wildman–Crippen LogP) is 4.55. The van der Waals surface area contributed by atoms with Crippen LogP contribution in [0.4, 0.5) is 4.79 Å². The van der Waals surface area contributed by atoms with Gasteiger partial charge in [0.05, 0.1) is 0 Å². The molecule has 3 aliphatic rings. The number of carboxylic acid groups (broad SMARTS) is 1. The first kappa shape index (κ1) is 23.4. The third kappa shape index (κ3) is 4.77. The van der Waals surface area contributed by atoms with E-state index in [0.29, 0.717) is 13.0 Å². The Hall–Kier alpha value is -3.35. The van der Waals surface area contributed by atoms with Crippen molar-refractivity contribution in [3.63, 3.8) is 0 Å². The van der Waals surface area contributed by atoms with E-state index in [1.165, 1.54) is 16.0 Å². The summed E-state index contributed by atoms with van der Waals surface area (Å²) in [4.78, 5) is 39.0. The number of alkyl carbamates (subject to hydrolysis) is 1. The lowest BCUT2D eigenvalue weighted by Crippen LogP contribution is -2.51. The first-order valence-electron chi connectivity index (χ1n) is 12.7. The van der Waals surface area contributed by atoms with E-state index < -0.39 is 18.1 Å². The first-order valence-corrected chi connectivity index (χ1v) is 12.7. The maximum absolute atomic E-state index is 13.1. The first-order chi connectivity index (χ1) is 17.0. The Labute approximate surface area is 205 Å². The number of hydrogen-bond donors (Lipinski definition) is 2. The lowest BCUT2D eigenvalue weighted by molar-refractivity contribution is -0.152. The maximum Gasteiger partial charge on any atom is 0.407 e. The van der Waals surface area contributed by atoms with Crippen LogP contribution in [0.1, 0.15) is 62.0 Å². The molecule has 7 nitrogen and oxygen atoms in total. The number of nitrogens with zero attached hydrogens (tertiary/aromatic N) is 1. The van der Waals surface area contributed by atoms with Crippen LogP contribution in [0.5, 0.6) is 0 Å². The Kier molecular flexibility index (Phi) is 6.75. The highest BCUT2D eigenvalue weighted by atomic mass is 16.5. The van der Waals surface area contributed by atoms with Gasteiger partial charge >= 0.3 is 12.1 Å². The maximum atomic E-state index is 13.1. The molecule has 35 heavy (non-hydrogen) atoms. The van der Waals surface area contributed by atoms with Crippen molar-refractivity contribution in [2.45, 2.75) is 62.9 Å². The molecule has 2 N–H and O–H groups in total. The van der Waals surface area contributed by atoms with Gasteiger partial charge in [-0.2, -0.15) is 0 Å². The molecule has 1 aliphatic heterocycles. The van der Waals surface area contributed by atoms with Crippen molar-refractivity contribution in [3.8, 4) is 11.1 Å². The number of fused-ring (bicyclic) bond motifs is 3. The second-order valence-corrected chi connectivity index (χ2v) is 9.91. The molecule has 2 atom stereocenters. The van der Waals surface area contributed by atoms with Gasteiger partial charge in [-0.3, -0.25) is 4.79 Å². The van der Waals surface area contributed by atoms with Crippen molar-refractivity contribution in [2.24, 2.45) is 5.92 Å². The topological polar surface area (TPSA) is 95.9 Å². The summed E-state index contributed by atoms with van der Waals surface area (Å²) >= 11 is 0. The second-order valence-electron chi connectivity index (χ2n) is 9.91. The summed E-state index contributed by atoms with van der Waals surface area (Å²) in [6.45, 7) is 0.677. The molecular weight excluding hydrogens is 444 g/mol. The van der Waals surface area contributed by atoms with E-state index >= 15 is 0 Å². The quantitative estimate of drug-likeness (QED) is 0.611. The number of amides is 2. The average molecular weight is 477 g/mol. The lowest BCUT2D eigenvalue weighted by atomic mass is 9.78. The van der Waals surface area contributed by atoms with Crippen molar-refractivity contribution in [1.29, 1.82) is 0 Å². The molecule has 2 aliphatic carbocycles. The van der Waals surface area contributed by atoms with E-state index in [1.807, 2.05) is 24.3 Å². The van der Waals surface area contributed by atoms with E-state index in [1.54, 1.807) is 0 Å². The predicted molar refractivity (Wildman–Crippen MR) is 131 cm³/mol. The Morgan fingerprint density at radius 1 is 0.943 bits per heavy atom. The monoisotopic (exact) mass is 476 g/mol. The summed E-state index contributed by atoms with van der Waals surface area (Å²) < 4.78 is 5.71. The van der Waals surface area contributed by atoms with Gasteiger partial charge in [0.2, 0.25) is 5.91 Å². The zero-order chi connectivity index (χ0) is 24.4. The van der Waals surface area contributed by atoms with Crippen LogP contribution in [0.2, 0.25) is 0 Å². The minimum atomic E-state index is -0.956. The number of carboxylic acids is 1. The standard InChI is InChI=1S/C28H32N2O5/c31-26(30-15-6-5-14-25(30)27(32)33)16-24(18-8-7-9-18)29-28(34)35-17-23-21-12-3-1-10-19(21)20-11-2-4-13-22(20)23/h1-4,10-13,18,23-25H,5-9,14-17H2,(H,29,34)(H,32,33)/t24?,25-/m0/s1. The summed E-state index contributed by atoms with van der Waals surface area (Å²) in [5, 5.41) is 12.5. The van der Waals surface area contributed by atoms with Gasteiger partial charge in [0.25, 0.3) is 0 Å². The number of likely N-dealkylation sites (tertiary alicyclic amines) is 1. The highest BCUT2D eigenvalue weighted by molar-refractivity contribution is 5.84. The molecule has 2 aromatic rings. The van der Waals surface area contributed by atoms with Gasteiger partial charge < -0.3 is 20.1 Å². The molecule has 0 radical (unpaired) electrons. The van der Waals surface area contributed by atoms with Crippen molar-refractivity contribution in [2.75, 3.05) is 13.2 Å². The number of benzene rings is 2. The summed E-state index contributed by atoms with van der Waals surface area (Å²) in [6.07, 6.45) is 4.66. The summed E-state index contributed by atoms with van der Waals surface area (Å²) in [5.74, 6) is -0.968. The average Bonchev–Trinajstić information content (AvgIpc) is 3.15. The molecule has 2 amide bonds. The molecule has 0 spiro atoms. The van der Waals surface area contributed by atoms with Crippen LogP contribution in [-0.4, -0.2) is 53.2 Å². The minimum absolute atomic E-state index is 0.0263. The Balaban J connectivity index is 1.23. The Morgan fingerprint density at radius 3 is 2.20 bits per heavy atom. The Morgan fingerprint density at radius 2 is 1.60 bits per heavy atom. The van der Waals surface area contributed by atoms with Gasteiger partial charge in [0, 0.05) is 24.9 Å². The van der Waals surface area contributed by atoms with Gasteiger partial charge in [-0.05, 0) is 60.3 Å². The van der Waals surface area contributed by atoms with Crippen molar-refractivity contribution in [1.82, 2.24) is 10.2 Å². The van der Waals surface area contributed by atoms with Gasteiger partial charge in [0.15, 0.2) is 0 Å². The third-order valence-electron chi connectivity index (χ3n) is 7.87. The van der Waals surface area contributed by atoms with E-state index in [0.717, 1.165) is 43.2 Å². The normalized spacial score (nSPS) is 20.3. The number of rotatable bonds is 7. The number of hydrogen-bond acceptors (Lipinski definition) is 4. The summed E-state index contributed by atoms with van der Waals surface area (Å²) in [5.41, 5.74) is 4.64. The molecule has 1 unspecified atom stereocenters. The second kappa shape index (κ2) is 10.1. The highest BCUT2D eigenvalue weighted by Crippen LogP contribution is 2.44. The molecule has 1 heterocycles. The fraction of sp³-hybridized carbons (Fsp3) is 0.464. The fourth-order valence-electron chi connectivity index (χ4n) is 5.76. The van der Waals surface area contributed by atoms with E-state index in [4.69, 9.17) is 4.74 Å². The van der Waals surface area contributed by atoms with Crippen LogP contribution >= 0.6 is 0 Å². The van der Waals surface area contributed by atoms with E-state index in [9.17, 15) is 19.5 Å². The zero-order valence-corrected chi connectivity index (χ0v) is 19.8.